The third-order valence-corrected chi connectivity index (χ3v) is 9.11. The van der Waals surface area contributed by atoms with Gasteiger partial charge in [-0.2, -0.15) is 0 Å². The zero-order valence-corrected chi connectivity index (χ0v) is 23.2. The van der Waals surface area contributed by atoms with Gasteiger partial charge in [-0.25, -0.2) is 18.5 Å². The summed E-state index contributed by atoms with van der Waals surface area (Å²) in [5.41, 5.74) is 10.1. The van der Waals surface area contributed by atoms with E-state index >= 15 is 0 Å². The van der Waals surface area contributed by atoms with Crippen LogP contribution in [0.3, 0.4) is 0 Å². The molecule has 0 radical (unpaired) electrons. The molecule has 1 fully saturated rings. The Balaban J connectivity index is 1.45. The molecule has 1 unspecified atom stereocenters. The SMILES string of the molecule is C/C1=C(C)/C(c2[nH]c3ccc(C4CCN(CCS(N)(=O)=O)CC4)cc3c2C(C)C)=C\CCC2N=CN=C12. The summed E-state index contributed by atoms with van der Waals surface area (Å²) in [5.74, 6) is 0.881. The first kappa shape index (κ1) is 26.1. The van der Waals surface area contributed by atoms with E-state index in [2.05, 4.69) is 71.8 Å². The fourth-order valence-electron chi connectivity index (χ4n) is 6.16. The van der Waals surface area contributed by atoms with Gasteiger partial charge in [0.25, 0.3) is 0 Å². The molecule has 3 heterocycles. The third kappa shape index (κ3) is 5.38. The Morgan fingerprint density at radius 3 is 2.59 bits per heavy atom. The third-order valence-electron chi connectivity index (χ3n) is 8.36. The van der Waals surface area contributed by atoms with Crippen LogP contribution in [0.4, 0.5) is 0 Å². The molecule has 1 aromatic carbocycles. The van der Waals surface area contributed by atoms with E-state index in [1.807, 2.05) is 0 Å². The molecule has 5 rings (SSSR count). The van der Waals surface area contributed by atoms with Crippen molar-refractivity contribution in [2.45, 2.75) is 71.3 Å². The molecule has 7 nitrogen and oxygen atoms in total. The number of hydrogen-bond donors (Lipinski definition) is 2. The van der Waals surface area contributed by atoms with E-state index in [-0.39, 0.29) is 11.8 Å². The highest BCUT2D eigenvalue weighted by molar-refractivity contribution is 7.89. The highest BCUT2D eigenvalue weighted by Gasteiger charge is 2.27. The number of piperidine rings is 1. The summed E-state index contributed by atoms with van der Waals surface area (Å²) in [7, 11) is -3.42. The molecule has 0 amide bonds. The molecule has 3 N–H and O–H groups in total. The lowest BCUT2D eigenvalue weighted by Gasteiger charge is -2.32. The maximum atomic E-state index is 11.3. The molecule has 0 bridgehead atoms. The summed E-state index contributed by atoms with van der Waals surface area (Å²) in [6.45, 7) is 11.3. The maximum Gasteiger partial charge on any atom is 0.210 e. The minimum absolute atomic E-state index is 0.0255. The highest BCUT2D eigenvalue weighted by atomic mass is 32.2. The first-order valence-corrected chi connectivity index (χ1v) is 15.2. The summed E-state index contributed by atoms with van der Waals surface area (Å²) < 4.78 is 22.7. The van der Waals surface area contributed by atoms with Gasteiger partial charge >= 0.3 is 0 Å². The van der Waals surface area contributed by atoms with E-state index < -0.39 is 10.0 Å². The number of rotatable bonds is 6. The van der Waals surface area contributed by atoms with E-state index in [0.717, 1.165) is 44.5 Å². The van der Waals surface area contributed by atoms with Crippen molar-refractivity contribution in [1.82, 2.24) is 9.88 Å². The van der Waals surface area contributed by atoms with Crippen LogP contribution < -0.4 is 5.14 Å². The Kier molecular flexibility index (Phi) is 7.27. The second-order valence-corrected chi connectivity index (χ2v) is 12.8. The van der Waals surface area contributed by atoms with Crippen LogP contribution >= 0.6 is 0 Å². The summed E-state index contributed by atoms with van der Waals surface area (Å²) in [6, 6.07) is 7.10. The van der Waals surface area contributed by atoms with Gasteiger partial charge in [-0.1, -0.05) is 26.0 Å². The van der Waals surface area contributed by atoms with Crippen LogP contribution in [-0.4, -0.2) is 61.8 Å². The number of aliphatic imine (C=N–C) groups is 2. The number of fused-ring (bicyclic) bond motifs is 2. The van der Waals surface area contributed by atoms with Crippen molar-refractivity contribution in [2.24, 2.45) is 15.1 Å². The van der Waals surface area contributed by atoms with Crippen molar-refractivity contribution < 1.29 is 8.42 Å². The second-order valence-electron chi connectivity index (χ2n) is 11.1. The number of hydrogen-bond acceptors (Lipinski definition) is 5. The summed E-state index contributed by atoms with van der Waals surface area (Å²) in [6.07, 6.45) is 8.13. The molecule has 1 atom stereocenters. The number of allylic oxidation sites excluding steroid dienone is 3. The number of sulfonamides is 1. The minimum atomic E-state index is -3.42. The number of likely N-dealkylation sites (tertiary alicyclic amines) is 1. The molecule has 1 saturated heterocycles. The molecule has 37 heavy (non-hydrogen) atoms. The fraction of sp³-hybridized carbons (Fsp3) is 0.517. The van der Waals surface area contributed by atoms with E-state index in [0.29, 0.717) is 18.4 Å². The molecule has 2 aromatic rings. The molecule has 3 aliphatic rings. The van der Waals surface area contributed by atoms with Crippen LogP contribution in [0.25, 0.3) is 16.5 Å². The normalized spacial score (nSPS) is 25.2. The van der Waals surface area contributed by atoms with Crippen LogP contribution in [-0.2, 0) is 10.0 Å². The monoisotopic (exact) mass is 521 g/mol. The lowest BCUT2D eigenvalue weighted by molar-refractivity contribution is 0.223. The summed E-state index contributed by atoms with van der Waals surface area (Å²) >= 11 is 0. The molecule has 1 aromatic heterocycles. The smallest absolute Gasteiger partial charge is 0.210 e. The van der Waals surface area contributed by atoms with E-state index in [4.69, 9.17) is 5.14 Å². The van der Waals surface area contributed by atoms with Gasteiger partial charge in [0.2, 0.25) is 10.0 Å². The number of H-pyrrole nitrogens is 1. The average molecular weight is 522 g/mol. The zero-order chi connectivity index (χ0) is 26.3. The van der Waals surface area contributed by atoms with Gasteiger partial charge in [0, 0.05) is 23.1 Å². The second kappa shape index (κ2) is 10.3. The molecule has 198 valence electrons. The number of nitrogens with two attached hydrogens (primary N) is 1. The van der Waals surface area contributed by atoms with Crippen LogP contribution in [0.2, 0.25) is 0 Å². The first-order chi connectivity index (χ1) is 17.6. The van der Waals surface area contributed by atoms with Crippen molar-refractivity contribution in [3.05, 3.63) is 52.2 Å². The van der Waals surface area contributed by atoms with Crippen molar-refractivity contribution in [1.29, 1.82) is 0 Å². The molecular formula is C29H39N5O2S. The van der Waals surface area contributed by atoms with E-state index in [1.54, 1.807) is 6.34 Å². The number of nitrogens with one attached hydrogen (secondary N) is 1. The van der Waals surface area contributed by atoms with Crippen molar-refractivity contribution in [2.75, 3.05) is 25.4 Å². The lowest BCUT2D eigenvalue weighted by Crippen LogP contribution is -2.37. The van der Waals surface area contributed by atoms with Gasteiger partial charge in [0.15, 0.2) is 0 Å². The average Bonchev–Trinajstić information content (AvgIpc) is 3.47. The molecule has 0 saturated carbocycles. The summed E-state index contributed by atoms with van der Waals surface area (Å²) in [5, 5.41) is 6.51. The molecule has 2 aliphatic heterocycles. The maximum absolute atomic E-state index is 11.3. The van der Waals surface area contributed by atoms with Gasteiger partial charge in [-0.05, 0) is 104 Å². The van der Waals surface area contributed by atoms with Gasteiger partial charge < -0.3 is 9.88 Å². The number of aromatic nitrogens is 1. The lowest BCUT2D eigenvalue weighted by atomic mass is 9.85. The van der Waals surface area contributed by atoms with Crippen LogP contribution in [0.15, 0.2) is 45.4 Å². The molecule has 1 aliphatic carbocycles. The fourth-order valence-corrected chi connectivity index (χ4v) is 6.67. The zero-order valence-electron chi connectivity index (χ0n) is 22.4. The van der Waals surface area contributed by atoms with Crippen molar-refractivity contribution in [3.8, 4) is 0 Å². The highest BCUT2D eigenvalue weighted by Crippen LogP contribution is 2.40. The van der Waals surface area contributed by atoms with E-state index in [1.165, 1.54) is 44.4 Å². The number of benzene rings is 1. The molecule has 0 spiro atoms. The number of nitrogens with zero attached hydrogens (tertiary/aromatic N) is 3. The van der Waals surface area contributed by atoms with Gasteiger partial charge in [-0.15, -0.1) is 0 Å². The summed E-state index contributed by atoms with van der Waals surface area (Å²) in [4.78, 5) is 15.2. The van der Waals surface area contributed by atoms with Gasteiger partial charge in [0.05, 0.1) is 17.5 Å². The van der Waals surface area contributed by atoms with Gasteiger partial charge in [0.1, 0.15) is 6.34 Å². The largest absolute Gasteiger partial charge is 0.354 e. The van der Waals surface area contributed by atoms with Crippen LogP contribution in [0.5, 0.6) is 0 Å². The molecule has 8 heteroatoms. The number of primary sulfonamides is 1. The standard InChI is InChI=1S/C29H39N5O2S/c1-18(2)27-24-16-22(21-10-12-34(13-11-21)14-15-37(30,35)36)8-9-25(24)33-29(27)23-6-5-7-26-28(32-17-31-26)20(4)19(23)3/h6,8-9,16-18,21,26,33H,5,7,10-15H2,1-4H3,(H2,30,35,36)/b20-19-,23-6+. The van der Waals surface area contributed by atoms with E-state index in [9.17, 15) is 8.42 Å². The Hall–Kier alpha value is -2.55. The predicted octanol–water partition coefficient (Wildman–Crippen LogP) is 5.12. The van der Waals surface area contributed by atoms with Crippen molar-refractivity contribution >= 4 is 38.5 Å². The van der Waals surface area contributed by atoms with Gasteiger partial charge in [-0.3, -0.25) is 4.99 Å². The van der Waals surface area contributed by atoms with Crippen LogP contribution in [0.1, 0.15) is 82.0 Å². The Labute approximate surface area is 220 Å². The minimum Gasteiger partial charge on any atom is -0.354 e. The first-order valence-electron chi connectivity index (χ1n) is 13.5. The molecular weight excluding hydrogens is 482 g/mol. The van der Waals surface area contributed by atoms with Crippen molar-refractivity contribution in [3.63, 3.8) is 0 Å². The quantitative estimate of drug-likeness (QED) is 0.551. The van der Waals surface area contributed by atoms with Crippen LogP contribution in [0, 0.1) is 0 Å². The Morgan fingerprint density at radius 1 is 1.14 bits per heavy atom. The number of aromatic amines is 1. The topological polar surface area (TPSA) is 104 Å². The Bertz CT molecular complexity index is 1420. The predicted molar refractivity (Wildman–Crippen MR) is 154 cm³/mol. The Morgan fingerprint density at radius 2 is 1.89 bits per heavy atom.